The topological polar surface area (TPSA) is 23.6 Å². The molecule has 0 N–H and O–H groups in total. The van der Waals surface area contributed by atoms with Gasteiger partial charge in [0.1, 0.15) is 11.6 Å². The fourth-order valence-corrected chi connectivity index (χ4v) is 3.01. The second-order valence-corrected chi connectivity index (χ2v) is 6.18. The van der Waals surface area contributed by atoms with Crippen LogP contribution in [-0.2, 0) is 6.54 Å². The first-order valence-electron chi connectivity index (χ1n) is 7.74. The van der Waals surface area contributed by atoms with E-state index in [0.29, 0.717) is 48.9 Å². The third kappa shape index (κ3) is 3.74. The predicted octanol–water partition coefficient (Wildman–Crippen LogP) is 3.58. The van der Waals surface area contributed by atoms with Crippen LogP contribution in [0.4, 0.5) is 8.78 Å². The van der Waals surface area contributed by atoms with Gasteiger partial charge in [-0.15, -0.1) is 0 Å². The summed E-state index contributed by atoms with van der Waals surface area (Å²) in [6, 6.07) is 10.2. The molecule has 1 aliphatic rings. The van der Waals surface area contributed by atoms with Gasteiger partial charge < -0.3 is 4.90 Å². The molecule has 24 heavy (non-hydrogen) atoms. The first-order chi connectivity index (χ1) is 11.5. The summed E-state index contributed by atoms with van der Waals surface area (Å²) >= 11 is 6.06. The van der Waals surface area contributed by atoms with Gasteiger partial charge in [0.15, 0.2) is 0 Å². The van der Waals surface area contributed by atoms with Crippen molar-refractivity contribution in [3.63, 3.8) is 0 Å². The van der Waals surface area contributed by atoms with Crippen LogP contribution >= 0.6 is 11.6 Å². The molecule has 6 heteroatoms. The van der Waals surface area contributed by atoms with Crippen LogP contribution in [-0.4, -0.2) is 41.9 Å². The van der Waals surface area contributed by atoms with E-state index in [1.165, 1.54) is 30.3 Å². The number of nitrogens with zero attached hydrogens (tertiary/aromatic N) is 2. The summed E-state index contributed by atoms with van der Waals surface area (Å²) < 4.78 is 26.8. The molecule has 1 fully saturated rings. The Bertz CT molecular complexity index is 708. The van der Waals surface area contributed by atoms with Gasteiger partial charge >= 0.3 is 0 Å². The van der Waals surface area contributed by atoms with E-state index in [1.807, 2.05) is 0 Å². The lowest BCUT2D eigenvalue weighted by molar-refractivity contribution is 0.0627. The molecule has 0 aromatic heterocycles. The summed E-state index contributed by atoms with van der Waals surface area (Å²) in [5, 5.41) is 0.416. The van der Waals surface area contributed by atoms with Crippen molar-refractivity contribution in [2.24, 2.45) is 0 Å². The minimum Gasteiger partial charge on any atom is -0.336 e. The van der Waals surface area contributed by atoms with Crippen LogP contribution in [0.3, 0.4) is 0 Å². The Kier molecular flexibility index (Phi) is 5.11. The van der Waals surface area contributed by atoms with Gasteiger partial charge in [0.05, 0.1) is 0 Å². The van der Waals surface area contributed by atoms with Gasteiger partial charge in [-0.3, -0.25) is 9.69 Å². The summed E-state index contributed by atoms with van der Waals surface area (Å²) in [6.07, 6.45) is 0. The van der Waals surface area contributed by atoms with Crippen molar-refractivity contribution in [1.82, 2.24) is 9.80 Å². The quantitative estimate of drug-likeness (QED) is 0.844. The van der Waals surface area contributed by atoms with Crippen LogP contribution < -0.4 is 0 Å². The summed E-state index contributed by atoms with van der Waals surface area (Å²) in [7, 11) is 0. The second-order valence-electron chi connectivity index (χ2n) is 5.78. The number of halogens is 3. The average Bonchev–Trinajstić information content (AvgIpc) is 2.59. The highest BCUT2D eigenvalue weighted by molar-refractivity contribution is 6.31. The lowest BCUT2D eigenvalue weighted by Crippen LogP contribution is -2.48. The molecule has 1 saturated heterocycles. The summed E-state index contributed by atoms with van der Waals surface area (Å²) in [5.74, 6) is -0.788. The van der Waals surface area contributed by atoms with Crippen LogP contribution in [0.25, 0.3) is 0 Å². The maximum atomic E-state index is 13.9. The number of rotatable bonds is 3. The van der Waals surface area contributed by atoms with Gasteiger partial charge in [0, 0.05) is 48.9 Å². The molecule has 1 heterocycles. The monoisotopic (exact) mass is 350 g/mol. The summed E-state index contributed by atoms with van der Waals surface area (Å²) in [4.78, 5) is 16.2. The van der Waals surface area contributed by atoms with E-state index in [1.54, 1.807) is 17.0 Å². The highest BCUT2D eigenvalue weighted by Crippen LogP contribution is 2.21. The second kappa shape index (κ2) is 7.28. The van der Waals surface area contributed by atoms with Crippen LogP contribution in [0.15, 0.2) is 42.5 Å². The summed E-state index contributed by atoms with van der Waals surface area (Å²) in [6.45, 7) is 2.78. The van der Waals surface area contributed by atoms with E-state index in [4.69, 9.17) is 11.6 Å². The van der Waals surface area contributed by atoms with Crippen molar-refractivity contribution in [3.8, 4) is 0 Å². The zero-order chi connectivity index (χ0) is 17.1. The Morgan fingerprint density at radius 2 is 1.67 bits per heavy atom. The number of amides is 1. The molecular formula is C18H17ClF2N2O. The highest BCUT2D eigenvalue weighted by Gasteiger charge is 2.23. The number of carbonyl (C=O) groups is 1. The average molecular weight is 351 g/mol. The molecule has 0 aliphatic carbocycles. The molecular weight excluding hydrogens is 334 g/mol. The van der Waals surface area contributed by atoms with E-state index in [-0.39, 0.29) is 17.5 Å². The van der Waals surface area contributed by atoms with Crippen molar-refractivity contribution in [2.45, 2.75) is 6.54 Å². The maximum Gasteiger partial charge on any atom is 0.253 e. The first-order valence-corrected chi connectivity index (χ1v) is 8.12. The molecule has 2 aromatic rings. The number of hydrogen-bond donors (Lipinski definition) is 0. The Morgan fingerprint density at radius 1 is 1.00 bits per heavy atom. The standard InChI is InChI=1S/C18H17ClF2N2O/c19-16-2-1-3-17(21)15(16)12-22-8-10-23(11-9-22)18(24)13-4-6-14(20)7-5-13/h1-7H,8-12H2. The number of piperazine rings is 1. The van der Waals surface area contributed by atoms with Crippen molar-refractivity contribution >= 4 is 17.5 Å². The van der Waals surface area contributed by atoms with Crippen molar-refractivity contribution in [1.29, 1.82) is 0 Å². The predicted molar refractivity (Wildman–Crippen MR) is 89.0 cm³/mol. The zero-order valence-corrected chi connectivity index (χ0v) is 13.8. The largest absolute Gasteiger partial charge is 0.336 e. The van der Waals surface area contributed by atoms with Crippen molar-refractivity contribution in [2.75, 3.05) is 26.2 Å². The molecule has 0 radical (unpaired) electrons. The minimum absolute atomic E-state index is 0.112. The fraction of sp³-hybridized carbons (Fsp3) is 0.278. The number of hydrogen-bond acceptors (Lipinski definition) is 2. The van der Waals surface area contributed by atoms with Gasteiger partial charge in [-0.1, -0.05) is 17.7 Å². The molecule has 0 bridgehead atoms. The van der Waals surface area contributed by atoms with Crippen molar-refractivity contribution < 1.29 is 13.6 Å². The SMILES string of the molecule is O=C(c1ccc(F)cc1)N1CCN(Cc2c(F)cccc2Cl)CC1. The molecule has 1 aliphatic heterocycles. The molecule has 0 spiro atoms. The summed E-state index contributed by atoms with van der Waals surface area (Å²) in [5.41, 5.74) is 0.958. The Balaban J connectivity index is 1.59. The fourth-order valence-electron chi connectivity index (χ4n) is 2.79. The number of benzene rings is 2. The third-order valence-electron chi connectivity index (χ3n) is 4.19. The Hall–Kier alpha value is -1.98. The molecule has 126 valence electrons. The molecule has 0 unspecified atom stereocenters. The van der Waals surface area contributed by atoms with E-state index < -0.39 is 0 Å². The van der Waals surface area contributed by atoms with Gasteiger partial charge in [-0.25, -0.2) is 8.78 Å². The zero-order valence-electron chi connectivity index (χ0n) is 13.0. The van der Waals surface area contributed by atoms with Crippen LogP contribution in [0, 0.1) is 11.6 Å². The molecule has 3 nitrogen and oxygen atoms in total. The lowest BCUT2D eigenvalue weighted by atomic mass is 10.1. The number of carbonyl (C=O) groups excluding carboxylic acids is 1. The van der Waals surface area contributed by atoms with Crippen LogP contribution in [0.5, 0.6) is 0 Å². The lowest BCUT2D eigenvalue weighted by Gasteiger charge is -2.35. The van der Waals surface area contributed by atoms with Gasteiger partial charge in [0.2, 0.25) is 0 Å². The van der Waals surface area contributed by atoms with E-state index in [0.717, 1.165) is 0 Å². The van der Waals surface area contributed by atoms with E-state index in [9.17, 15) is 13.6 Å². The first kappa shape index (κ1) is 16.9. The van der Waals surface area contributed by atoms with Crippen LogP contribution in [0.1, 0.15) is 15.9 Å². The van der Waals surface area contributed by atoms with E-state index >= 15 is 0 Å². The van der Waals surface area contributed by atoms with E-state index in [2.05, 4.69) is 4.90 Å². The van der Waals surface area contributed by atoms with Gasteiger partial charge in [-0.2, -0.15) is 0 Å². The molecule has 0 atom stereocenters. The van der Waals surface area contributed by atoms with Crippen LogP contribution in [0.2, 0.25) is 5.02 Å². The smallest absolute Gasteiger partial charge is 0.253 e. The molecule has 1 amide bonds. The highest BCUT2D eigenvalue weighted by atomic mass is 35.5. The Labute approximate surface area is 144 Å². The molecule has 2 aromatic carbocycles. The molecule has 0 saturated carbocycles. The third-order valence-corrected chi connectivity index (χ3v) is 4.55. The maximum absolute atomic E-state index is 13.9. The Morgan fingerprint density at radius 3 is 2.29 bits per heavy atom. The molecule has 3 rings (SSSR count). The van der Waals surface area contributed by atoms with Gasteiger partial charge in [-0.05, 0) is 36.4 Å². The van der Waals surface area contributed by atoms with Gasteiger partial charge in [0.25, 0.3) is 5.91 Å². The van der Waals surface area contributed by atoms with Crippen molar-refractivity contribution in [3.05, 3.63) is 70.2 Å². The normalized spacial score (nSPS) is 15.5. The minimum atomic E-state index is -0.363.